The number of benzene rings is 2. The predicted molar refractivity (Wildman–Crippen MR) is 107 cm³/mol. The number of carbonyl (C=O) groups excluding carboxylic acids is 2. The minimum atomic E-state index is -0.450. The van der Waals surface area contributed by atoms with Crippen LogP contribution in [0.3, 0.4) is 0 Å². The average Bonchev–Trinajstić information content (AvgIpc) is 3.13. The highest BCUT2D eigenvalue weighted by Crippen LogP contribution is 2.26. The lowest BCUT2D eigenvalue weighted by molar-refractivity contribution is -0.117. The summed E-state index contributed by atoms with van der Waals surface area (Å²) in [5, 5.41) is 7.56. The minimum Gasteiger partial charge on any atom is -0.326 e. The summed E-state index contributed by atoms with van der Waals surface area (Å²) in [6.07, 6.45) is 0.528. The van der Waals surface area contributed by atoms with Gasteiger partial charge in [-0.2, -0.15) is 0 Å². The molecule has 27 heavy (non-hydrogen) atoms. The molecule has 2 aromatic carbocycles. The van der Waals surface area contributed by atoms with Crippen LogP contribution in [0.5, 0.6) is 0 Å². The van der Waals surface area contributed by atoms with E-state index in [2.05, 4.69) is 10.6 Å². The Balaban J connectivity index is 1.82. The smallest absolute Gasteiger partial charge is 0.232 e. The Labute approximate surface area is 161 Å². The van der Waals surface area contributed by atoms with Crippen molar-refractivity contribution in [2.45, 2.75) is 19.3 Å². The van der Waals surface area contributed by atoms with Crippen LogP contribution < -0.4 is 10.6 Å². The highest BCUT2D eigenvalue weighted by atomic mass is 32.1. The Hall–Kier alpha value is -2.99. The Morgan fingerprint density at radius 1 is 1.00 bits per heavy atom. The number of nitrogens with one attached hydrogen (secondary N) is 2. The van der Waals surface area contributed by atoms with E-state index in [0.29, 0.717) is 17.8 Å². The maximum Gasteiger partial charge on any atom is 0.232 e. The Kier molecular flexibility index (Phi) is 5.98. The lowest BCUT2D eigenvalue weighted by Gasteiger charge is -2.17. The molecule has 138 valence electrons. The molecule has 1 aromatic heterocycles. The summed E-state index contributed by atoms with van der Waals surface area (Å²) in [5.74, 6) is -1.15. The fourth-order valence-electron chi connectivity index (χ4n) is 2.79. The second kappa shape index (κ2) is 8.60. The molecule has 0 saturated heterocycles. The van der Waals surface area contributed by atoms with E-state index in [1.165, 1.54) is 19.1 Å². The van der Waals surface area contributed by atoms with Gasteiger partial charge >= 0.3 is 0 Å². The fraction of sp³-hybridized carbons (Fsp3) is 0.143. The number of anilines is 2. The number of hydrogen-bond donors (Lipinski definition) is 2. The van der Waals surface area contributed by atoms with Crippen LogP contribution in [0.2, 0.25) is 0 Å². The van der Waals surface area contributed by atoms with Gasteiger partial charge in [-0.1, -0.05) is 24.3 Å². The molecule has 0 saturated carbocycles. The molecule has 0 radical (unpaired) electrons. The summed E-state index contributed by atoms with van der Waals surface area (Å²) in [7, 11) is 0. The SMILES string of the molecule is CC(=O)Nc1cccc(NC(=O)C(Cc2cccs2)c2ccc(F)cc2)c1. The third-order valence-electron chi connectivity index (χ3n) is 4.02. The Bertz CT molecular complexity index is 924. The van der Waals surface area contributed by atoms with E-state index in [1.807, 2.05) is 17.5 Å². The summed E-state index contributed by atoms with van der Waals surface area (Å²) in [4.78, 5) is 25.3. The first-order chi connectivity index (χ1) is 13.0. The van der Waals surface area contributed by atoms with E-state index in [9.17, 15) is 14.0 Å². The van der Waals surface area contributed by atoms with Gasteiger partial charge in [0.15, 0.2) is 0 Å². The van der Waals surface area contributed by atoms with Crippen molar-refractivity contribution in [3.05, 3.63) is 82.3 Å². The van der Waals surface area contributed by atoms with Gasteiger partial charge in [0.05, 0.1) is 5.92 Å². The number of amides is 2. The lowest BCUT2D eigenvalue weighted by atomic mass is 9.94. The molecule has 0 bridgehead atoms. The average molecular weight is 382 g/mol. The highest BCUT2D eigenvalue weighted by molar-refractivity contribution is 7.09. The van der Waals surface area contributed by atoms with Crippen LogP contribution in [0.15, 0.2) is 66.0 Å². The van der Waals surface area contributed by atoms with Crippen molar-refractivity contribution in [1.29, 1.82) is 0 Å². The minimum absolute atomic E-state index is 0.180. The van der Waals surface area contributed by atoms with Gasteiger partial charge in [-0.05, 0) is 53.8 Å². The monoisotopic (exact) mass is 382 g/mol. The van der Waals surface area contributed by atoms with Crippen molar-refractivity contribution in [2.24, 2.45) is 0 Å². The standard InChI is InChI=1S/C21H19FN2O2S/c1-14(25)23-17-4-2-5-18(12-17)24-21(26)20(13-19-6-3-11-27-19)15-7-9-16(22)10-8-15/h2-12,20H,13H2,1H3,(H,23,25)(H,24,26). The Morgan fingerprint density at radius 3 is 2.33 bits per heavy atom. The second-order valence-electron chi connectivity index (χ2n) is 6.14. The molecule has 0 fully saturated rings. The van der Waals surface area contributed by atoms with Crippen LogP contribution in [0.1, 0.15) is 23.3 Å². The molecule has 0 spiro atoms. The number of rotatable bonds is 6. The van der Waals surface area contributed by atoms with Gasteiger partial charge in [-0.25, -0.2) is 4.39 Å². The van der Waals surface area contributed by atoms with E-state index >= 15 is 0 Å². The molecule has 2 N–H and O–H groups in total. The zero-order valence-corrected chi connectivity index (χ0v) is 15.6. The van der Waals surface area contributed by atoms with E-state index in [0.717, 1.165) is 10.4 Å². The van der Waals surface area contributed by atoms with Crippen LogP contribution in [-0.2, 0) is 16.0 Å². The predicted octanol–water partition coefficient (Wildman–Crippen LogP) is 4.81. The van der Waals surface area contributed by atoms with Crippen LogP contribution >= 0.6 is 11.3 Å². The molecule has 0 aliphatic rings. The van der Waals surface area contributed by atoms with Gasteiger partial charge in [0.1, 0.15) is 5.82 Å². The molecular weight excluding hydrogens is 363 g/mol. The van der Waals surface area contributed by atoms with E-state index in [1.54, 1.807) is 47.7 Å². The van der Waals surface area contributed by atoms with Gasteiger partial charge < -0.3 is 10.6 Å². The highest BCUT2D eigenvalue weighted by Gasteiger charge is 2.22. The topological polar surface area (TPSA) is 58.2 Å². The van der Waals surface area contributed by atoms with Crippen LogP contribution in [-0.4, -0.2) is 11.8 Å². The van der Waals surface area contributed by atoms with Gasteiger partial charge in [-0.3, -0.25) is 9.59 Å². The number of hydrogen-bond acceptors (Lipinski definition) is 3. The summed E-state index contributed by atoms with van der Waals surface area (Å²) < 4.78 is 13.3. The van der Waals surface area contributed by atoms with Crippen molar-refractivity contribution < 1.29 is 14.0 Å². The quantitative estimate of drug-likeness (QED) is 0.643. The normalized spacial score (nSPS) is 11.6. The van der Waals surface area contributed by atoms with Crippen molar-refractivity contribution in [1.82, 2.24) is 0 Å². The lowest BCUT2D eigenvalue weighted by Crippen LogP contribution is -2.23. The molecule has 0 aliphatic carbocycles. The third kappa shape index (κ3) is 5.24. The maximum atomic E-state index is 13.3. The Morgan fingerprint density at radius 2 is 1.70 bits per heavy atom. The van der Waals surface area contributed by atoms with Crippen molar-refractivity contribution in [3.63, 3.8) is 0 Å². The zero-order valence-electron chi connectivity index (χ0n) is 14.7. The first-order valence-corrected chi connectivity index (χ1v) is 9.35. The van der Waals surface area contributed by atoms with Crippen LogP contribution in [0, 0.1) is 5.82 Å². The van der Waals surface area contributed by atoms with Crippen LogP contribution in [0.25, 0.3) is 0 Å². The van der Waals surface area contributed by atoms with Crippen molar-refractivity contribution in [2.75, 3.05) is 10.6 Å². The summed E-state index contributed by atoms with van der Waals surface area (Å²) in [6.45, 7) is 1.43. The summed E-state index contributed by atoms with van der Waals surface area (Å²) in [5.41, 5.74) is 1.95. The van der Waals surface area contributed by atoms with Gasteiger partial charge in [0, 0.05) is 23.2 Å². The van der Waals surface area contributed by atoms with Crippen LogP contribution in [0.4, 0.5) is 15.8 Å². The van der Waals surface area contributed by atoms with Crippen molar-refractivity contribution >= 4 is 34.5 Å². The van der Waals surface area contributed by atoms with E-state index in [4.69, 9.17) is 0 Å². The molecule has 2 amide bonds. The second-order valence-corrected chi connectivity index (χ2v) is 7.17. The number of carbonyl (C=O) groups is 2. The van der Waals surface area contributed by atoms with E-state index in [-0.39, 0.29) is 17.6 Å². The molecule has 6 heteroatoms. The van der Waals surface area contributed by atoms with E-state index < -0.39 is 5.92 Å². The maximum absolute atomic E-state index is 13.3. The summed E-state index contributed by atoms with van der Waals surface area (Å²) >= 11 is 1.58. The first-order valence-electron chi connectivity index (χ1n) is 8.47. The zero-order chi connectivity index (χ0) is 19.2. The van der Waals surface area contributed by atoms with Crippen molar-refractivity contribution in [3.8, 4) is 0 Å². The molecule has 1 unspecified atom stereocenters. The van der Waals surface area contributed by atoms with Gasteiger partial charge in [0.25, 0.3) is 0 Å². The third-order valence-corrected chi connectivity index (χ3v) is 4.92. The molecule has 0 aliphatic heterocycles. The molecule has 1 heterocycles. The molecular formula is C21H19FN2O2S. The van der Waals surface area contributed by atoms with Gasteiger partial charge in [-0.15, -0.1) is 11.3 Å². The molecule has 3 aromatic rings. The van der Waals surface area contributed by atoms with Gasteiger partial charge in [0.2, 0.25) is 11.8 Å². The molecule has 3 rings (SSSR count). The number of halogens is 1. The fourth-order valence-corrected chi connectivity index (χ4v) is 3.55. The summed E-state index contributed by atoms with van der Waals surface area (Å²) in [6, 6.07) is 16.9. The molecule has 1 atom stereocenters. The first kappa shape index (κ1) is 18.8. The molecule has 4 nitrogen and oxygen atoms in total. The number of thiophene rings is 1. The largest absolute Gasteiger partial charge is 0.326 e.